The van der Waals surface area contributed by atoms with Crippen molar-refractivity contribution in [3.63, 3.8) is 0 Å². The maximum Gasteiger partial charge on any atom is 0.371 e. The molecule has 0 saturated carbocycles. The lowest BCUT2D eigenvalue weighted by Gasteiger charge is -1.83. The zero-order chi connectivity index (χ0) is 7.56. The summed E-state index contributed by atoms with van der Waals surface area (Å²) >= 11 is 0. The Kier molecular flexibility index (Phi) is 2.24. The summed E-state index contributed by atoms with van der Waals surface area (Å²) in [7, 11) is 6.12. The van der Waals surface area contributed by atoms with Gasteiger partial charge in [-0.2, -0.15) is 0 Å². The highest BCUT2D eigenvalue weighted by atomic mass is 35.7. The first kappa shape index (κ1) is 7.50. The van der Waals surface area contributed by atoms with E-state index in [4.69, 9.17) is 20.2 Å². The number of hydrogen-bond acceptors (Lipinski definition) is 3. The maximum absolute atomic E-state index is 10.2. The largest absolute Gasteiger partial charge is 0.475 e. The quantitative estimate of drug-likeness (QED) is 0.755. The lowest BCUT2D eigenvalue weighted by Crippen LogP contribution is -1.91. The van der Waals surface area contributed by atoms with E-state index in [9.17, 15) is 4.79 Å². The molecule has 0 atom stereocenters. The molecule has 54 valence electrons. The highest BCUT2D eigenvalue weighted by Gasteiger charge is 2.07. The molecular formula is C5H3ClO3S. The molecule has 5 heteroatoms. The van der Waals surface area contributed by atoms with E-state index in [2.05, 4.69) is 0 Å². The normalized spacial score (nSPS) is 9.70. The fraction of sp³-hybridized carbons (Fsp3) is 0. The Bertz CT molecular complexity index is 245. The van der Waals surface area contributed by atoms with E-state index in [1.165, 1.54) is 12.1 Å². The zero-order valence-corrected chi connectivity index (χ0v) is 6.28. The molecule has 0 fully saturated rings. The van der Waals surface area contributed by atoms with E-state index in [1.807, 2.05) is 0 Å². The molecule has 0 bridgehead atoms. The minimum Gasteiger partial charge on any atom is -0.475 e. The number of carboxylic acids is 1. The van der Waals surface area contributed by atoms with Crippen molar-refractivity contribution >= 4 is 27.6 Å². The van der Waals surface area contributed by atoms with Crippen molar-refractivity contribution in [1.29, 1.82) is 0 Å². The van der Waals surface area contributed by atoms with Crippen molar-refractivity contribution in [2.24, 2.45) is 0 Å². The first-order valence-electron chi connectivity index (χ1n) is 2.36. The van der Waals surface area contributed by atoms with Gasteiger partial charge in [-0.15, -0.1) is 0 Å². The van der Waals surface area contributed by atoms with E-state index >= 15 is 0 Å². The van der Waals surface area contributed by atoms with Gasteiger partial charge in [0.1, 0.15) is 0 Å². The average molecular weight is 179 g/mol. The van der Waals surface area contributed by atoms with E-state index in [-0.39, 0.29) is 5.76 Å². The molecule has 0 aliphatic carbocycles. The van der Waals surface area contributed by atoms with Crippen molar-refractivity contribution in [2.45, 2.75) is 5.09 Å². The lowest BCUT2D eigenvalue weighted by atomic mass is 10.5. The Morgan fingerprint density at radius 3 is 2.70 bits per heavy atom. The van der Waals surface area contributed by atoms with Crippen LogP contribution < -0.4 is 0 Å². The molecule has 0 unspecified atom stereocenters. The van der Waals surface area contributed by atoms with Gasteiger partial charge >= 0.3 is 5.97 Å². The number of furan rings is 1. The number of hydrogen-bond donors (Lipinski definition) is 1. The van der Waals surface area contributed by atoms with Crippen LogP contribution in [-0.4, -0.2) is 11.1 Å². The van der Waals surface area contributed by atoms with Gasteiger partial charge in [-0.25, -0.2) is 4.79 Å². The van der Waals surface area contributed by atoms with Gasteiger partial charge in [0.05, 0.1) is 0 Å². The molecule has 1 aromatic heterocycles. The van der Waals surface area contributed by atoms with Gasteiger partial charge in [0.25, 0.3) is 0 Å². The fourth-order valence-corrected chi connectivity index (χ4v) is 0.966. The van der Waals surface area contributed by atoms with Gasteiger partial charge in [0.2, 0.25) is 5.76 Å². The summed E-state index contributed by atoms with van der Waals surface area (Å²) in [5, 5.41) is 8.74. The van der Waals surface area contributed by atoms with Crippen LogP contribution in [0.5, 0.6) is 0 Å². The van der Waals surface area contributed by atoms with Crippen LogP contribution in [0.3, 0.4) is 0 Å². The fourth-order valence-electron chi connectivity index (χ4n) is 0.477. The summed E-state index contributed by atoms with van der Waals surface area (Å²) in [6, 6.07) is 2.86. The van der Waals surface area contributed by atoms with Crippen LogP contribution in [0.25, 0.3) is 0 Å². The standard InChI is InChI=1S/C5H3ClO3S/c6-10-4-2-1-3(9-4)5(7)8/h1-2H,(H,7,8). The van der Waals surface area contributed by atoms with Crippen LogP contribution in [-0.2, 0) is 0 Å². The second kappa shape index (κ2) is 2.98. The summed E-state index contributed by atoms with van der Waals surface area (Å²) in [5.74, 6) is -1.18. The molecule has 1 N–H and O–H groups in total. The van der Waals surface area contributed by atoms with Crippen LogP contribution in [0.4, 0.5) is 0 Å². The summed E-state index contributed by atoms with van der Waals surface area (Å²) in [6.45, 7) is 0. The SMILES string of the molecule is O=C(O)c1ccc(SCl)o1. The minimum atomic E-state index is -1.09. The van der Waals surface area contributed by atoms with Gasteiger partial charge in [-0.3, -0.25) is 0 Å². The van der Waals surface area contributed by atoms with Crippen molar-refractivity contribution < 1.29 is 14.3 Å². The van der Waals surface area contributed by atoms with Crippen LogP contribution in [0, 0.1) is 0 Å². The molecule has 10 heavy (non-hydrogen) atoms. The van der Waals surface area contributed by atoms with Crippen LogP contribution >= 0.6 is 21.7 Å². The molecule has 0 aromatic carbocycles. The van der Waals surface area contributed by atoms with E-state index in [1.54, 1.807) is 0 Å². The summed E-state index contributed by atoms with van der Waals surface area (Å²) in [5.41, 5.74) is 0. The summed E-state index contributed by atoms with van der Waals surface area (Å²) in [4.78, 5) is 10.2. The predicted molar refractivity (Wildman–Crippen MR) is 37.4 cm³/mol. The number of carboxylic acid groups (broad SMARTS) is 1. The molecule has 0 spiro atoms. The lowest BCUT2D eigenvalue weighted by molar-refractivity contribution is 0.0656. The Hall–Kier alpha value is -0.610. The highest BCUT2D eigenvalue weighted by molar-refractivity contribution is 8.21. The van der Waals surface area contributed by atoms with Gasteiger partial charge in [-0.05, 0) is 22.8 Å². The number of aromatic carboxylic acids is 1. The molecule has 0 saturated heterocycles. The Morgan fingerprint density at radius 1 is 1.70 bits per heavy atom. The van der Waals surface area contributed by atoms with Crippen LogP contribution in [0.15, 0.2) is 21.6 Å². The third-order valence-corrected chi connectivity index (χ3v) is 1.70. The van der Waals surface area contributed by atoms with E-state index in [0.717, 1.165) is 11.0 Å². The van der Waals surface area contributed by atoms with Crippen molar-refractivity contribution in [3.05, 3.63) is 17.9 Å². The molecule has 3 nitrogen and oxygen atoms in total. The maximum atomic E-state index is 10.2. The molecule has 1 rings (SSSR count). The van der Waals surface area contributed by atoms with Crippen molar-refractivity contribution in [1.82, 2.24) is 0 Å². The Labute approximate surface area is 65.5 Å². The first-order chi connectivity index (χ1) is 4.74. The molecule has 1 heterocycles. The topological polar surface area (TPSA) is 50.4 Å². The van der Waals surface area contributed by atoms with Crippen LogP contribution in [0.2, 0.25) is 0 Å². The van der Waals surface area contributed by atoms with Crippen molar-refractivity contribution in [3.8, 4) is 0 Å². The third kappa shape index (κ3) is 1.46. The van der Waals surface area contributed by atoms with E-state index < -0.39 is 5.97 Å². The molecule has 0 aliphatic heterocycles. The second-order valence-corrected chi connectivity index (χ2v) is 2.52. The highest BCUT2D eigenvalue weighted by Crippen LogP contribution is 2.23. The average Bonchev–Trinajstić information content (AvgIpc) is 2.34. The van der Waals surface area contributed by atoms with E-state index in [0.29, 0.717) is 5.09 Å². The number of rotatable bonds is 2. The third-order valence-electron chi connectivity index (χ3n) is 0.868. The van der Waals surface area contributed by atoms with Gasteiger partial charge < -0.3 is 9.52 Å². The molecular weight excluding hydrogens is 176 g/mol. The monoisotopic (exact) mass is 178 g/mol. The number of carbonyl (C=O) groups is 1. The minimum absolute atomic E-state index is 0.0943. The summed E-state index contributed by atoms with van der Waals surface area (Å²) < 4.78 is 4.73. The second-order valence-electron chi connectivity index (χ2n) is 1.50. The molecule has 0 aliphatic rings. The predicted octanol–water partition coefficient (Wildman–Crippen LogP) is 2.22. The Morgan fingerprint density at radius 2 is 2.40 bits per heavy atom. The zero-order valence-electron chi connectivity index (χ0n) is 4.70. The van der Waals surface area contributed by atoms with Crippen molar-refractivity contribution in [2.75, 3.05) is 0 Å². The van der Waals surface area contributed by atoms with Gasteiger partial charge in [-0.1, -0.05) is 0 Å². The van der Waals surface area contributed by atoms with Gasteiger partial charge in [0, 0.05) is 11.0 Å². The number of halogens is 1. The molecule has 1 aromatic rings. The first-order valence-corrected chi connectivity index (χ1v) is 4.00. The summed E-state index contributed by atoms with van der Waals surface area (Å²) in [6.07, 6.45) is 0. The Balaban J connectivity index is 2.88. The smallest absolute Gasteiger partial charge is 0.371 e. The molecule has 0 radical (unpaired) electrons. The van der Waals surface area contributed by atoms with Crippen LogP contribution in [0.1, 0.15) is 10.6 Å². The van der Waals surface area contributed by atoms with Gasteiger partial charge in [0.15, 0.2) is 5.09 Å². The molecule has 0 amide bonds.